The van der Waals surface area contributed by atoms with Gasteiger partial charge in [-0.05, 0) is 13.3 Å². The summed E-state index contributed by atoms with van der Waals surface area (Å²) in [4.78, 5) is 11.5. The predicted molar refractivity (Wildman–Crippen MR) is 62.7 cm³/mol. The molecule has 0 bridgehead atoms. The zero-order valence-corrected chi connectivity index (χ0v) is 10.2. The lowest BCUT2D eigenvalue weighted by molar-refractivity contribution is -0.121. The molecule has 1 unspecified atom stereocenters. The molecule has 0 heterocycles. The topological polar surface area (TPSA) is 41.1 Å². The average Bonchev–Trinajstić information content (AvgIpc) is 2.32. The number of amides is 1. The molecule has 0 aliphatic rings. The van der Waals surface area contributed by atoms with Crippen molar-refractivity contribution in [2.45, 2.75) is 26.3 Å². The molecule has 1 aromatic carbocycles. The minimum absolute atomic E-state index is 0.243. The zero-order valence-electron chi connectivity index (χ0n) is 10.2. The first-order valence-corrected chi connectivity index (χ1v) is 5.64. The van der Waals surface area contributed by atoms with E-state index in [4.69, 9.17) is 0 Å². The van der Waals surface area contributed by atoms with E-state index in [0.717, 1.165) is 6.42 Å². The summed E-state index contributed by atoms with van der Waals surface area (Å²) in [5.41, 5.74) is -0.243. The maximum Gasteiger partial charge on any atom is 0.242 e. The van der Waals surface area contributed by atoms with Crippen LogP contribution in [0.25, 0.3) is 0 Å². The number of hydrogen-bond acceptors (Lipinski definition) is 2. The molecule has 100 valence electrons. The highest BCUT2D eigenvalue weighted by Gasteiger charge is 2.16. The second-order valence-corrected chi connectivity index (χ2v) is 3.90. The molecule has 2 N–H and O–H groups in total. The molecule has 3 nitrogen and oxygen atoms in total. The normalized spacial score (nSPS) is 12.1. The Bertz CT molecular complexity index is 438. The van der Waals surface area contributed by atoms with E-state index in [1.54, 1.807) is 0 Å². The minimum Gasteiger partial charge on any atom is -0.371 e. The van der Waals surface area contributed by atoms with Crippen LogP contribution in [0.5, 0.6) is 0 Å². The first-order valence-electron chi connectivity index (χ1n) is 5.64. The zero-order chi connectivity index (χ0) is 13.7. The number of benzene rings is 1. The molecule has 0 spiro atoms. The van der Waals surface area contributed by atoms with Crippen LogP contribution in [0.15, 0.2) is 12.1 Å². The summed E-state index contributed by atoms with van der Waals surface area (Å²) < 4.78 is 38.9. The van der Waals surface area contributed by atoms with E-state index in [9.17, 15) is 18.0 Å². The number of halogens is 3. The molecule has 0 aliphatic carbocycles. The van der Waals surface area contributed by atoms with Gasteiger partial charge in [-0.15, -0.1) is 0 Å². The van der Waals surface area contributed by atoms with Crippen molar-refractivity contribution >= 4 is 11.6 Å². The summed E-state index contributed by atoms with van der Waals surface area (Å²) in [6.07, 6.45) is 0.776. The van der Waals surface area contributed by atoms with E-state index < -0.39 is 23.5 Å². The fraction of sp³-hybridized carbons (Fsp3) is 0.417. The van der Waals surface area contributed by atoms with Gasteiger partial charge in [0.1, 0.15) is 11.9 Å². The van der Waals surface area contributed by atoms with Crippen molar-refractivity contribution in [3.05, 3.63) is 29.6 Å². The van der Waals surface area contributed by atoms with Crippen molar-refractivity contribution in [1.82, 2.24) is 5.32 Å². The summed E-state index contributed by atoms with van der Waals surface area (Å²) in [7, 11) is 0. The molecule has 18 heavy (non-hydrogen) atoms. The monoisotopic (exact) mass is 260 g/mol. The van der Waals surface area contributed by atoms with Gasteiger partial charge in [-0.2, -0.15) is 0 Å². The Kier molecular flexibility index (Phi) is 5.00. The maximum atomic E-state index is 13.3. The Morgan fingerprint density at radius 1 is 1.22 bits per heavy atom. The van der Waals surface area contributed by atoms with E-state index in [1.807, 2.05) is 6.92 Å². The van der Waals surface area contributed by atoms with E-state index in [-0.39, 0.29) is 11.6 Å². The van der Waals surface area contributed by atoms with E-state index in [0.29, 0.717) is 18.7 Å². The minimum atomic E-state index is -1.26. The van der Waals surface area contributed by atoms with Gasteiger partial charge in [0.25, 0.3) is 0 Å². The largest absolute Gasteiger partial charge is 0.371 e. The van der Waals surface area contributed by atoms with Crippen molar-refractivity contribution in [1.29, 1.82) is 0 Å². The highest BCUT2D eigenvalue weighted by atomic mass is 19.2. The number of nitrogens with one attached hydrogen (secondary N) is 2. The molecule has 1 rings (SSSR count). The quantitative estimate of drug-likeness (QED) is 0.798. The molecule has 0 aliphatic heterocycles. The number of carbonyl (C=O) groups excluding carboxylic acids is 1. The molecular weight excluding hydrogens is 245 g/mol. The van der Waals surface area contributed by atoms with E-state index in [1.165, 1.54) is 6.92 Å². The highest BCUT2D eigenvalue weighted by molar-refractivity contribution is 5.84. The van der Waals surface area contributed by atoms with E-state index in [2.05, 4.69) is 10.6 Å². The molecule has 1 atom stereocenters. The van der Waals surface area contributed by atoms with Crippen LogP contribution in [-0.4, -0.2) is 18.5 Å². The van der Waals surface area contributed by atoms with Crippen LogP contribution in [0.4, 0.5) is 18.9 Å². The predicted octanol–water partition coefficient (Wildman–Crippen LogP) is 2.43. The summed E-state index contributed by atoms with van der Waals surface area (Å²) in [6.45, 7) is 3.91. The Labute approximate surface area is 103 Å². The summed E-state index contributed by atoms with van der Waals surface area (Å²) in [6, 6.07) is 0.388. The smallest absolute Gasteiger partial charge is 0.242 e. The van der Waals surface area contributed by atoms with Gasteiger partial charge in [0.05, 0.1) is 5.69 Å². The fourth-order valence-electron chi connectivity index (χ4n) is 1.33. The van der Waals surface area contributed by atoms with Gasteiger partial charge in [-0.1, -0.05) is 6.92 Å². The third-order valence-electron chi connectivity index (χ3n) is 2.32. The highest BCUT2D eigenvalue weighted by Crippen LogP contribution is 2.19. The Morgan fingerprint density at radius 3 is 2.44 bits per heavy atom. The molecular formula is C12H15F3N2O. The van der Waals surface area contributed by atoms with Crippen LogP contribution >= 0.6 is 0 Å². The van der Waals surface area contributed by atoms with Gasteiger partial charge in [-0.25, -0.2) is 13.2 Å². The second-order valence-electron chi connectivity index (χ2n) is 3.90. The van der Waals surface area contributed by atoms with Crippen molar-refractivity contribution < 1.29 is 18.0 Å². The second kappa shape index (κ2) is 6.28. The summed E-state index contributed by atoms with van der Waals surface area (Å²) >= 11 is 0. The lowest BCUT2D eigenvalue weighted by Gasteiger charge is -2.15. The van der Waals surface area contributed by atoms with Crippen molar-refractivity contribution in [3.63, 3.8) is 0 Å². The number of anilines is 1. The van der Waals surface area contributed by atoms with Crippen LogP contribution in [0.2, 0.25) is 0 Å². The molecule has 0 radical (unpaired) electrons. The number of rotatable bonds is 5. The van der Waals surface area contributed by atoms with Crippen LogP contribution in [0, 0.1) is 17.5 Å². The Morgan fingerprint density at radius 2 is 1.83 bits per heavy atom. The van der Waals surface area contributed by atoms with Gasteiger partial charge >= 0.3 is 0 Å². The van der Waals surface area contributed by atoms with E-state index >= 15 is 0 Å². The fourth-order valence-corrected chi connectivity index (χ4v) is 1.33. The van der Waals surface area contributed by atoms with Gasteiger partial charge in [-0.3, -0.25) is 4.79 Å². The maximum absolute atomic E-state index is 13.3. The molecule has 1 amide bonds. The van der Waals surface area contributed by atoms with Gasteiger partial charge < -0.3 is 10.6 Å². The van der Waals surface area contributed by atoms with Crippen LogP contribution < -0.4 is 10.6 Å². The van der Waals surface area contributed by atoms with Gasteiger partial charge in [0.15, 0.2) is 11.6 Å². The molecule has 0 aromatic heterocycles. The molecule has 0 saturated heterocycles. The molecule has 1 aromatic rings. The summed E-state index contributed by atoms with van der Waals surface area (Å²) in [5, 5.41) is 5.10. The summed E-state index contributed by atoms with van der Waals surface area (Å²) in [5.74, 6) is -3.70. The van der Waals surface area contributed by atoms with Crippen LogP contribution in [0.1, 0.15) is 20.3 Å². The van der Waals surface area contributed by atoms with Crippen molar-refractivity contribution in [2.75, 3.05) is 11.9 Å². The third-order valence-corrected chi connectivity index (χ3v) is 2.32. The van der Waals surface area contributed by atoms with Crippen molar-refractivity contribution in [3.8, 4) is 0 Å². The Balaban J connectivity index is 2.72. The number of carbonyl (C=O) groups is 1. The SMILES string of the molecule is CCCNC(=O)C(C)Nc1cc(F)c(F)cc1F. The molecule has 0 saturated carbocycles. The first-order chi connectivity index (χ1) is 8.45. The van der Waals surface area contributed by atoms with Crippen LogP contribution in [-0.2, 0) is 4.79 Å². The lowest BCUT2D eigenvalue weighted by atomic mass is 10.2. The van der Waals surface area contributed by atoms with Gasteiger partial charge in [0, 0.05) is 18.7 Å². The molecule has 6 heteroatoms. The standard InChI is InChI=1S/C12H15F3N2O/c1-3-4-16-12(18)7(2)17-11-6-9(14)8(13)5-10(11)15/h5-7,17H,3-4H2,1-2H3,(H,16,18). The van der Waals surface area contributed by atoms with Crippen molar-refractivity contribution in [2.24, 2.45) is 0 Å². The Hall–Kier alpha value is -1.72. The molecule has 0 fully saturated rings. The van der Waals surface area contributed by atoms with Crippen LogP contribution in [0.3, 0.4) is 0 Å². The third kappa shape index (κ3) is 3.65. The number of hydrogen-bond donors (Lipinski definition) is 2. The lowest BCUT2D eigenvalue weighted by Crippen LogP contribution is -2.38. The van der Waals surface area contributed by atoms with Gasteiger partial charge in [0.2, 0.25) is 5.91 Å². The average molecular weight is 260 g/mol. The first kappa shape index (κ1) is 14.3.